The number of rotatable bonds is 7. The molecule has 2 fully saturated rings. The van der Waals surface area contributed by atoms with Gasteiger partial charge in [-0.25, -0.2) is 4.99 Å². The molecule has 1 unspecified atom stereocenters. The molecule has 176 valence electrons. The Morgan fingerprint density at radius 1 is 1.18 bits per heavy atom. The van der Waals surface area contributed by atoms with Crippen molar-refractivity contribution < 1.29 is 0 Å². The van der Waals surface area contributed by atoms with Crippen molar-refractivity contribution >= 4 is 34.7 Å². The second kappa shape index (κ2) is 10.8. The highest BCUT2D eigenvalue weighted by Gasteiger charge is 2.39. The first kappa shape index (κ1) is 23.9. The molecular weight excluding hydrogens is 424 g/mol. The summed E-state index contributed by atoms with van der Waals surface area (Å²) in [5, 5.41) is 3.33. The molecule has 0 spiro atoms. The molecule has 0 amide bonds. The zero-order valence-corrected chi connectivity index (χ0v) is 21.5. The number of hydrogen-bond acceptors (Lipinski definition) is 4. The van der Waals surface area contributed by atoms with Gasteiger partial charge in [0.25, 0.3) is 0 Å². The first-order valence-electron chi connectivity index (χ1n) is 12.4. The molecule has 5 heteroatoms. The average molecular weight is 463 g/mol. The molecule has 0 bridgehead atoms. The van der Waals surface area contributed by atoms with E-state index in [2.05, 4.69) is 90.1 Å². The van der Waals surface area contributed by atoms with Gasteiger partial charge < -0.3 is 15.1 Å². The van der Waals surface area contributed by atoms with Gasteiger partial charge in [0.1, 0.15) is 0 Å². The van der Waals surface area contributed by atoms with E-state index in [0.717, 1.165) is 41.8 Å². The maximum absolute atomic E-state index is 4.67. The van der Waals surface area contributed by atoms with E-state index in [1.54, 1.807) is 17.7 Å². The minimum atomic E-state index is 0.174. The zero-order chi connectivity index (χ0) is 23.3. The number of anilines is 2. The summed E-state index contributed by atoms with van der Waals surface area (Å²) in [4.78, 5) is 11.9. The minimum Gasteiger partial charge on any atom is -0.370 e. The van der Waals surface area contributed by atoms with Crippen molar-refractivity contribution in [3.05, 3.63) is 40.1 Å². The van der Waals surface area contributed by atoms with Crippen LogP contribution in [0.25, 0.3) is 0 Å². The van der Waals surface area contributed by atoms with Gasteiger partial charge >= 0.3 is 0 Å². The molecule has 1 saturated heterocycles. The average Bonchev–Trinajstić information content (AvgIpc) is 3.62. The molecule has 4 nitrogen and oxygen atoms in total. The molecule has 1 atom stereocenters. The summed E-state index contributed by atoms with van der Waals surface area (Å²) in [7, 11) is 2.21. The van der Waals surface area contributed by atoms with Crippen LogP contribution in [-0.4, -0.2) is 44.5 Å². The van der Waals surface area contributed by atoms with Gasteiger partial charge in [-0.3, -0.25) is 0 Å². The van der Waals surface area contributed by atoms with E-state index in [1.807, 2.05) is 0 Å². The Balaban J connectivity index is 1.35. The predicted octanol–water partition coefficient (Wildman–Crippen LogP) is 6.54. The van der Waals surface area contributed by atoms with E-state index in [4.69, 9.17) is 0 Å². The van der Waals surface area contributed by atoms with Gasteiger partial charge in [-0.05, 0) is 89.4 Å². The van der Waals surface area contributed by atoms with Gasteiger partial charge in [-0.1, -0.05) is 25.2 Å². The minimum absolute atomic E-state index is 0.174. The third-order valence-electron chi connectivity index (χ3n) is 7.00. The number of thiophene rings is 1. The molecular formula is C28H38N4S. The lowest BCUT2D eigenvalue weighted by molar-refractivity contribution is 0.350. The molecule has 1 aromatic carbocycles. The standard InChI is InChI=1S/C28H38N4S/c1-5-14-28(3,23-7-8-23)15-13-26-20-27(22(2)33-26)30-21-29-24-9-11-25(12-10-24)32-17-6-16-31(4)18-19-32/h9-12,20-21,23H,5-8,14,16-19H2,1-4H3,(H,29,30). The first-order valence-corrected chi connectivity index (χ1v) is 13.2. The number of aliphatic imine (C=N–C) groups is 1. The summed E-state index contributed by atoms with van der Waals surface area (Å²) in [5.74, 6) is 7.89. The molecule has 4 rings (SSSR count). The highest BCUT2D eigenvalue weighted by Crippen LogP contribution is 2.48. The van der Waals surface area contributed by atoms with Crippen LogP contribution < -0.4 is 10.2 Å². The van der Waals surface area contributed by atoms with Gasteiger partial charge in [0, 0.05) is 41.3 Å². The van der Waals surface area contributed by atoms with E-state index < -0.39 is 0 Å². The van der Waals surface area contributed by atoms with Crippen LogP contribution in [0.1, 0.15) is 55.7 Å². The molecule has 2 heterocycles. The quantitative estimate of drug-likeness (QED) is 0.288. The summed E-state index contributed by atoms with van der Waals surface area (Å²) in [5.41, 5.74) is 3.53. The molecule has 33 heavy (non-hydrogen) atoms. The van der Waals surface area contributed by atoms with E-state index in [1.165, 1.54) is 49.2 Å². The van der Waals surface area contributed by atoms with Gasteiger partial charge in [0.05, 0.1) is 16.9 Å². The highest BCUT2D eigenvalue weighted by atomic mass is 32.1. The molecule has 0 radical (unpaired) electrons. The van der Waals surface area contributed by atoms with E-state index >= 15 is 0 Å². The number of benzene rings is 1. The molecule has 1 saturated carbocycles. The van der Waals surface area contributed by atoms with Gasteiger partial charge in [0.2, 0.25) is 0 Å². The topological polar surface area (TPSA) is 30.9 Å². The predicted molar refractivity (Wildman–Crippen MR) is 144 cm³/mol. The molecule has 1 aliphatic heterocycles. The maximum Gasteiger partial charge on any atom is 0.0930 e. The van der Waals surface area contributed by atoms with E-state index in [0.29, 0.717) is 0 Å². The van der Waals surface area contributed by atoms with Crippen molar-refractivity contribution in [3.8, 4) is 11.8 Å². The van der Waals surface area contributed by atoms with Crippen LogP contribution in [-0.2, 0) is 0 Å². The van der Waals surface area contributed by atoms with Gasteiger partial charge in [0.15, 0.2) is 0 Å². The van der Waals surface area contributed by atoms with Crippen LogP contribution >= 0.6 is 11.3 Å². The smallest absolute Gasteiger partial charge is 0.0930 e. The number of hydrogen-bond donors (Lipinski definition) is 1. The normalized spacial score (nSPS) is 19.1. The monoisotopic (exact) mass is 462 g/mol. The number of aryl methyl sites for hydroxylation is 1. The summed E-state index contributed by atoms with van der Waals surface area (Å²) in [6.07, 6.45) is 8.08. The second-order valence-corrected chi connectivity index (χ2v) is 11.1. The van der Waals surface area contributed by atoms with Crippen LogP contribution in [0.4, 0.5) is 17.1 Å². The van der Waals surface area contributed by atoms with Gasteiger partial charge in [-0.2, -0.15) is 0 Å². The van der Waals surface area contributed by atoms with Crippen LogP contribution in [0.2, 0.25) is 0 Å². The summed E-state index contributed by atoms with van der Waals surface area (Å²) in [6, 6.07) is 10.8. The van der Waals surface area contributed by atoms with Crippen LogP contribution in [0.3, 0.4) is 0 Å². The fraction of sp³-hybridized carbons (Fsp3) is 0.536. The Kier molecular flexibility index (Phi) is 7.78. The van der Waals surface area contributed by atoms with Gasteiger partial charge in [-0.15, -0.1) is 11.3 Å². The lowest BCUT2D eigenvalue weighted by atomic mass is 9.81. The Morgan fingerprint density at radius 2 is 1.97 bits per heavy atom. The Hall–Kier alpha value is -2.29. The van der Waals surface area contributed by atoms with Crippen molar-refractivity contribution in [1.29, 1.82) is 0 Å². The Morgan fingerprint density at radius 3 is 2.70 bits per heavy atom. The maximum atomic E-state index is 4.67. The number of nitrogens with one attached hydrogen (secondary N) is 1. The SMILES string of the molecule is CCCC(C)(C#Cc1cc(N=CNc2ccc(N3CCCN(C)CC3)cc2)c(C)s1)C1CC1. The number of nitrogens with zero attached hydrogens (tertiary/aromatic N) is 3. The number of likely N-dealkylation sites (N-methyl/N-ethyl adjacent to an activating group) is 1. The van der Waals surface area contributed by atoms with Crippen LogP contribution in [0.5, 0.6) is 0 Å². The van der Waals surface area contributed by atoms with Crippen molar-refractivity contribution in [1.82, 2.24) is 4.90 Å². The molecule has 1 aromatic heterocycles. The fourth-order valence-electron chi connectivity index (χ4n) is 4.72. The van der Waals surface area contributed by atoms with Crippen molar-refractivity contribution in [2.24, 2.45) is 16.3 Å². The fourth-order valence-corrected chi connectivity index (χ4v) is 5.54. The van der Waals surface area contributed by atoms with E-state index in [-0.39, 0.29) is 5.41 Å². The second-order valence-electron chi connectivity index (χ2n) is 9.84. The van der Waals surface area contributed by atoms with Crippen molar-refractivity contribution in [2.45, 2.75) is 52.9 Å². The van der Waals surface area contributed by atoms with Crippen molar-refractivity contribution in [3.63, 3.8) is 0 Å². The molecule has 1 aliphatic carbocycles. The largest absolute Gasteiger partial charge is 0.370 e. The molecule has 1 N–H and O–H groups in total. The molecule has 2 aromatic rings. The summed E-state index contributed by atoms with van der Waals surface area (Å²) < 4.78 is 0. The zero-order valence-electron chi connectivity index (χ0n) is 20.7. The van der Waals surface area contributed by atoms with Crippen molar-refractivity contribution in [2.75, 3.05) is 43.4 Å². The lowest BCUT2D eigenvalue weighted by Gasteiger charge is -2.23. The summed E-state index contributed by atoms with van der Waals surface area (Å²) in [6.45, 7) is 11.3. The lowest BCUT2D eigenvalue weighted by Crippen LogP contribution is -2.28. The van der Waals surface area contributed by atoms with Crippen LogP contribution in [0, 0.1) is 30.1 Å². The third kappa shape index (κ3) is 6.40. The summed E-state index contributed by atoms with van der Waals surface area (Å²) >= 11 is 1.75. The Bertz CT molecular complexity index is 1010. The first-order chi connectivity index (χ1) is 16.0. The highest BCUT2D eigenvalue weighted by molar-refractivity contribution is 7.13. The molecule has 2 aliphatic rings. The Labute approximate surface area is 204 Å². The third-order valence-corrected chi connectivity index (χ3v) is 7.95. The van der Waals surface area contributed by atoms with Crippen LogP contribution in [0.15, 0.2) is 35.3 Å². The van der Waals surface area contributed by atoms with E-state index in [9.17, 15) is 0 Å².